The Morgan fingerprint density at radius 2 is 1.68 bits per heavy atom. The molecule has 0 spiro atoms. The number of benzene rings is 2. The maximum atomic E-state index is 11.9. The zero-order valence-corrected chi connectivity index (χ0v) is 11.3. The van der Waals surface area contributed by atoms with Crippen molar-refractivity contribution < 1.29 is 9.53 Å². The van der Waals surface area contributed by atoms with E-state index in [4.69, 9.17) is 4.74 Å². The molecule has 98 valence electrons. The standard InChI is InChI=1S/C17H18O2/c1-13(18)17(12-14-6-4-3-5-7-14)15-8-10-16(19-2)11-9-15/h3-11,17H,12H2,1-2H3/t17-/m1/s1. The number of carbonyl (C=O) groups is 1. The van der Waals surface area contributed by atoms with E-state index in [1.165, 1.54) is 5.56 Å². The number of ketones is 1. The second-order valence-corrected chi connectivity index (χ2v) is 4.63. The second kappa shape index (κ2) is 6.19. The third-order valence-electron chi connectivity index (χ3n) is 3.29. The maximum absolute atomic E-state index is 11.9. The van der Waals surface area contributed by atoms with Gasteiger partial charge in [0.15, 0.2) is 0 Å². The summed E-state index contributed by atoms with van der Waals surface area (Å²) in [5, 5.41) is 0. The first kappa shape index (κ1) is 13.3. The number of methoxy groups -OCH3 is 1. The fraction of sp³-hybridized carbons (Fsp3) is 0.235. The molecule has 2 nitrogen and oxygen atoms in total. The van der Waals surface area contributed by atoms with Gasteiger partial charge in [0, 0.05) is 5.92 Å². The number of Topliss-reactive ketones (excluding diaryl/α,β-unsaturated/α-hetero) is 1. The molecule has 0 radical (unpaired) electrons. The molecule has 19 heavy (non-hydrogen) atoms. The molecule has 0 amide bonds. The van der Waals surface area contributed by atoms with Crippen LogP contribution >= 0.6 is 0 Å². The van der Waals surface area contributed by atoms with Crippen molar-refractivity contribution in [2.24, 2.45) is 0 Å². The molecule has 2 rings (SSSR count). The van der Waals surface area contributed by atoms with Crippen LogP contribution in [-0.4, -0.2) is 12.9 Å². The van der Waals surface area contributed by atoms with E-state index in [1.54, 1.807) is 14.0 Å². The summed E-state index contributed by atoms with van der Waals surface area (Å²) in [5.74, 6) is 0.910. The Labute approximate surface area is 114 Å². The van der Waals surface area contributed by atoms with Gasteiger partial charge >= 0.3 is 0 Å². The van der Waals surface area contributed by atoms with Crippen LogP contribution in [0, 0.1) is 0 Å². The number of ether oxygens (including phenoxy) is 1. The monoisotopic (exact) mass is 254 g/mol. The van der Waals surface area contributed by atoms with Gasteiger partial charge in [-0.25, -0.2) is 0 Å². The van der Waals surface area contributed by atoms with Gasteiger partial charge in [0.25, 0.3) is 0 Å². The molecule has 2 heteroatoms. The predicted molar refractivity (Wildman–Crippen MR) is 76.6 cm³/mol. The molecule has 0 unspecified atom stereocenters. The van der Waals surface area contributed by atoms with Crippen molar-refractivity contribution >= 4 is 5.78 Å². The van der Waals surface area contributed by atoms with Gasteiger partial charge in [0.05, 0.1) is 7.11 Å². The summed E-state index contributed by atoms with van der Waals surface area (Å²) in [6, 6.07) is 17.8. The van der Waals surface area contributed by atoms with Crippen molar-refractivity contribution in [1.82, 2.24) is 0 Å². The molecular formula is C17H18O2. The number of carbonyl (C=O) groups excluding carboxylic acids is 1. The summed E-state index contributed by atoms with van der Waals surface area (Å²) in [6.07, 6.45) is 0.739. The quantitative estimate of drug-likeness (QED) is 0.814. The molecule has 0 aliphatic rings. The topological polar surface area (TPSA) is 26.3 Å². The van der Waals surface area contributed by atoms with Gasteiger partial charge in [0.1, 0.15) is 11.5 Å². The largest absolute Gasteiger partial charge is 0.497 e. The SMILES string of the molecule is COc1ccc([C@H](Cc2ccccc2)C(C)=O)cc1. The second-order valence-electron chi connectivity index (χ2n) is 4.63. The van der Waals surface area contributed by atoms with E-state index in [1.807, 2.05) is 42.5 Å². The Balaban J connectivity index is 2.22. The van der Waals surface area contributed by atoms with E-state index >= 15 is 0 Å². The number of rotatable bonds is 5. The van der Waals surface area contributed by atoms with Gasteiger partial charge in [0.2, 0.25) is 0 Å². The van der Waals surface area contributed by atoms with E-state index in [9.17, 15) is 4.79 Å². The fourth-order valence-corrected chi connectivity index (χ4v) is 2.18. The normalized spacial score (nSPS) is 11.9. The molecular weight excluding hydrogens is 236 g/mol. The lowest BCUT2D eigenvalue weighted by molar-refractivity contribution is -0.118. The highest BCUT2D eigenvalue weighted by Gasteiger charge is 2.17. The Bertz CT molecular complexity index is 529. The third kappa shape index (κ3) is 3.44. The molecule has 0 saturated carbocycles. The summed E-state index contributed by atoms with van der Waals surface area (Å²) in [7, 11) is 1.64. The summed E-state index contributed by atoms with van der Waals surface area (Å²) in [5.41, 5.74) is 2.22. The molecule has 2 aromatic carbocycles. The van der Waals surface area contributed by atoms with E-state index < -0.39 is 0 Å². The van der Waals surface area contributed by atoms with Crippen molar-refractivity contribution in [3.63, 3.8) is 0 Å². The molecule has 0 bridgehead atoms. The molecule has 0 fully saturated rings. The van der Waals surface area contributed by atoms with Crippen LogP contribution in [0.3, 0.4) is 0 Å². The van der Waals surface area contributed by atoms with Crippen molar-refractivity contribution in [1.29, 1.82) is 0 Å². The first-order chi connectivity index (χ1) is 9.20. The molecule has 2 aromatic rings. The molecule has 0 aliphatic carbocycles. The van der Waals surface area contributed by atoms with E-state index in [-0.39, 0.29) is 11.7 Å². The minimum atomic E-state index is -0.0895. The molecule has 1 atom stereocenters. The molecule has 0 N–H and O–H groups in total. The van der Waals surface area contributed by atoms with Crippen molar-refractivity contribution in [2.45, 2.75) is 19.3 Å². The van der Waals surface area contributed by atoms with Crippen LogP contribution in [0.1, 0.15) is 24.0 Å². The van der Waals surface area contributed by atoms with Crippen LogP contribution < -0.4 is 4.74 Å². The molecule has 0 saturated heterocycles. The highest BCUT2D eigenvalue weighted by Crippen LogP contribution is 2.24. The Morgan fingerprint density at radius 1 is 1.05 bits per heavy atom. The highest BCUT2D eigenvalue weighted by molar-refractivity contribution is 5.83. The Hall–Kier alpha value is -2.09. The molecule has 0 aromatic heterocycles. The Kier molecular flexibility index (Phi) is 4.35. The fourth-order valence-electron chi connectivity index (χ4n) is 2.18. The van der Waals surface area contributed by atoms with Crippen LogP contribution in [0.2, 0.25) is 0 Å². The smallest absolute Gasteiger partial charge is 0.137 e. The average Bonchev–Trinajstić information content (AvgIpc) is 2.46. The minimum Gasteiger partial charge on any atom is -0.497 e. The van der Waals surface area contributed by atoms with Gasteiger partial charge < -0.3 is 4.74 Å². The zero-order valence-electron chi connectivity index (χ0n) is 11.3. The van der Waals surface area contributed by atoms with Crippen molar-refractivity contribution in [3.8, 4) is 5.75 Å². The van der Waals surface area contributed by atoms with Gasteiger partial charge in [-0.2, -0.15) is 0 Å². The van der Waals surface area contributed by atoms with Crippen molar-refractivity contribution in [2.75, 3.05) is 7.11 Å². The lowest BCUT2D eigenvalue weighted by Crippen LogP contribution is -2.12. The molecule has 0 aliphatic heterocycles. The van der Waals surface area contributed by atoms with Gasteiger partial charge in [-0.15, -0.1) is 0 Å². The number of hydrogen-bond donors (Lipinski definition) is 0. The van der Waals surface area contributed by atoms with Gasteiger partial charge in [-0.3, -0.25) is 4.79 Å². The lowest BCUT2D eigenvalue weighted by atomic mass is 9.89. The van der Waals surface area contributed by atoms with Crippen LogP contribution in [0.25, 0.3) is 0 Å². The van der Waals surface area contributed by atoms with E-state index in [0.717, 1.165) is 17.7 Å². The van der Waals surface area contributed by atoms with Crippen LogP contribution in [0.15, 0.2) is 54.6 Å². The van der Waals surface area contributed by atoms with Crippen LogP contribution in [0.5, 0.6) is 5.75 Å². The van der Waals surface area contributed by atoms with E-state index in [2.05, 4.69) is 12.1 Å². The summed E-state index contributed by atoms with van der Waals surface area (Å²) >= 11 is 0. The zero-order chi connectivity index (χ0) is 13.7. The van der Waals surface area contributed by atoms with E-state index in [0.29, 0.717) is 0 Å². The summed E-state index contributed by atoms with van der Waals surface area (Å²) in [6.45, 7) is 1.65. The predicted octanol–water partition coefficient (Wildman–Crippen LogP) is 3.61. The Morgan fingerprint density at radius 3 is 2.21 bits per heavy atom. The van der Waals surface area contributed by atoms with Gasteiger partial charge in [-0.05, 0) is 36.6 Å². The third-order valence-corrected chi connectivity index (χ3v) is 3.29. The first-order valence-corrected chi connectivity index (χ1v) is 6.39. The summed E-state index contributed by atoms with van der Waals surface area (Å²) < 4.78 is 5.14. The first-order valence-electron chi connectivity index (χ1n) is 6.39. The summed E-state index contributed by atoms with van der Waals surface area (Å²) in [4.78, 5) is 11.9. The van der Waals surface area contributed by atoms with Crippen LogP contribution in [-0.2, 0) is 11.2 Å². The minimum absolute atomic E-state index is 0.0895. The van der Waals surface area contributed by atoms with Crippen LogP contribution in [0.4, 0.5) is 0 Å². The van der Waals surface area contributed by atoms with Crippen molar-refractivity contribution in [3.05, 3.63) is 65.7 Å². The average molecular weight is 254 g/mol. The lowest BCUT2D eigenvalue weighted by Gasteiger charge is -2.15. The molecule has 0 heterocycles. The number of hydrogen-bond acceptors (Lipinski definition) is 2. The van der Waals surface area contributed by atoms with Gasteiger partial charge in [-0.1, -0.05) is 42.5 Å². The maximum Gasteiger partial charge on any atom is 0.137 e. The highest BCUT2D eigenvalue weighted by atomic mass is 16.5.